The van der Waals surface area contributed by atoms with Gasteiger partial charge in [0.05, 0.1) is 0 Å². The van der Waals surface area contributed by atoms with E-state index in [1.807, 2.05) is 54.6 Å². The second-order valence-electron chi connectivity index (χ2n) is 5.92. The summed E-state index contributed by atoms with van der Waals surface area (Å²) in [5.74, 6) is -0.0905. The molecule has 2 aromatic carbocycles. The summed E-state index contributed by atoms with van der Waals surface area (Å²) in [5, 5.41) is 3.33. The minimum atomic E-state index is -0.0905. The Kier molecular flexibility index (Phi) is 5.42. The van der Waals surface area contributed by atoms with Crippen molar-refractivity contribution in [2.24, 2.45) is 0 Å². The lowest BCUT2D eigenvalue weighted by Gasteiger charge is -2.17. The van der Waals surface area contributed by atoms with E-state index in [9.17, 15) is 4.79 Å². The molecule has 1 N–H and O–H groups in total. The fraction of sp³-hybridized carbons (Fsp3) is 0.143. The predicted octanol–water partition coefficient (Wildman–Crippen LogP) is 3.97. The van der Waals surface area contributed by atoms with Crippen molar-refractivity contribution in [3.8, 4) is 0 Å². The van der Waals surface area contributed by atoms with Gasteiger partial charge >= 0.3 is 0 Å². The van der Waals surface area contributed by atoms with Crippen molar-refractivity contribution in [2.45, 2.75) is 13.1 Å². The number of nitrogens with zero attached hydrogens (tertiary/aromatic N) is 2. The Labute approximate surface area is 148 Å². The molecule has 4 heteroatoms. The van der Waals surface area contributed by atoms with Crippen molar-refractivity contribution < 1.29 is 4.79 Å². The van der Waals surface area contributed by atoms with Crippen molar-refractivity contribution in [2.75, 3.05) is 12.4 Å². The molecule has 3 rings (SSSR count). The summed E-state index contributed by atoms with van der Waals surface area (Å²) in [7, 11) is 1.79. The lowest BCUT2D eigenvalue weighted by atomic mass is 10.2. The number of carbonyl (C=O) groups is 1. The standard InChI is InChI=1S/C21H21N3O/c1-24(16-18-10-6-3-7-11-18)21(25)20-14-19(12-13-22-20)23-15-17-8-4-2-5-9-17/h2-14H,15-16H2,1H3,(H,22,23). The van der Waals surface area contributed by atoms with Crippen LogP contribution in [-0.4, -0.2) is 22.8 Å². The highest BCUT2D eigenvalue weighted by molar-refractivity contribution is 5.92. The monoisotopic (exact) mass is 331 g/mol. The van der Waals surface area contributed by atoms with Gasteiger partial charge < -0.3 is 10.2 Å². The minimum Gasteiger partial charge on any atom is -0.381 e. The molecule has 4 nitrogen and oxygen atoms in total. The third-order valence-corrected chi connectivity index (χ3v) is 3.93. The third-order valence-electron chi connectivity index (χ3n) is 3.93. The van der Waals surface area contributed by atoms with Gasteiger partial charge in [0, 0.05) is 32.0 Å². The van der Waals surface area contributed by atoms with Crippen LogP contribution in [0.4, 0.5) is 5.69 Å². The van der Waals surface area contributed by atoms with E-state index in [0.29, 0.717) is 18.8 Å². The summed E-state index contributed by atoms with van der Waals surface area (Å²) in [6.07, 6.45) is 1.66. The molecule has 0 unspecified atom stereocenters. The number of carbonyl (C=O) groups excluding carboxylic acids is 1. The molecule has 1 heterocycles. The first-order chi connectivity index (χ1) is 12.2. The Hall–Kier alpha value is -3.14. The van der Waals surface area contributed by atoms with Gasteiger partial charge in [-0.1, -0.05) is 60.7 Å². The number of nitrogens with one attached hydrogen (secondary N) is 1. The number of aromatic nitrogens is 1. The van der Waals surface area contributed by atoms with Crippen LogP contribution in [0.2, 0.25) is 0 Å². The van der Waals surface area contributed by atoms with Crippen LogP contribution in [0.5, 0.6) is 0 Å². The minimum absolute atomic E-state index is 0.0905. The number of rotatable bonds is 6. The van der Waals surface area contributed by atoms with Crippen LogP contribution < -0.4 is 5.32 Å². The van der Waals surface area contributed by atoms with Crippen LogP contribution in [0, 0.1) is 0 Å². The SMILES string of the molecule is CN(Cc1ccccc1)C(=O)c1cc(NCc2ccccc2)ccn1. The van der Waals surface area contributed by atoms with Crippen LogP contribution in [0.3, 0.4) is 0 Å². The van der Waals surface area contributed by atoms with E-state index in [-0.39, 0.29) is 5.91 Å². The van der Waals surface area contributed by atoms with Gasteiger partial charge in [0.1, 0.15) is 5.69 Å². The van der Waals surface area contributed by atoms with E-state index in [2.05, 4.69) is 22.4 Å². The van der Waals surface area contributed by atoms with Crippen LogP contribution in [0.15, 0.2) is 79.0 Å². The number of amides is 1. The first-order valence-corrected chi connectivity index (χ1v) is 8.25. The van der Waals surface area contributed by atoms with E-state index >= 15 is 0 Å². The fourth-order valence-electron chi connectivity index (χ4n) is 2.58. The molecule has 0 saturated heterocycles. The van der Waals surface area contributed by atoms with Gasteiger partial charge in [-0.3, -0.25) is 9.78 Å². The van der Waals surface area contributed by atoms with Crippen LogP contribution in [-0.2, 0) is 13.1 Å². The molecule has 0 aliphatic carbocycles. The fourth-order valence-corrected chi connectivity index (χ4v) is 2.58. The maximum atomic E-state index is 12.6. The molecule has 0 saturated carbocycles. The zero-order valence-electron chi connectivity index (χ0n) is 14.2. The lowest BCUT2D eigenvalue weighted by Crippen LogP contribution is -2.27. The lowest BCUT2D eigenvalue weighted by molar-refractivity contribution is 0.0779. The number of benzene rings is 2. The van der Waals surface area contributed by atoms with Crippen molar-refractivity contribution in [3.63, 3.8) is 0 Å². The number of hydrogen-bond donors (Lipinski definition) is 1. The second-order valence-corrected chi connectivity index (χ2v) is 5.92. The zero-order chi connectivity index (χ0) is 17.5. The van der Waals surface area contributed by atoms with Crippen LogP contribution in [0.25, 0.3) is 0 Å². The Balaban J connectivity index is 1.64. The van der Waals surface area contributed by atoms with Crippen molar-refractivity contribution in [1.82, 2.24) is 9.88 Å². The largest absolute Gasteiger partial charge is 0.381 e. The van der Waals surface area contributed by atoms with Gasteiger partial charge in [0.15, 0.2) is 0 Å². The number of anilines is 1. The molecule has 1 aromatic heterocycles. The summed E-state index contributed by atoms with van der Waals surface area (Å²) >= 11 is 0. The molecule has 0 aliphatic rings. The first-order valence-electron chi connectivity index (χ1n) is 8.25. The maximum Gasteiger partial charge on any atom is 0.272 e. The molecule has 126 valence electrons. The average molecular weight is 331 g/mol. The summed E-state index contributed by atoms with van der Waals surface area (Å²) in [6, 6.07) is 23.7. The summed E-state index contributed by atoms with van der Waals surface area (Å²) in [6.45, 7) is 1.27. The van der Waals surface area contributed by atoms with E-state index in [0.717, 1.165) is 11.3 Å². The average Bonchev–Trinajstić information content (AvgIpc) is 2.67. The van der Waals surface area contributed by atoms with Crippen molar-refractivity contribution in [3.05, 3.63) is 95.8 Å². The smallest absolute Gasteiger partial charge is 0.272 e. The Morgan fingerprint density at radius 2 is 1.60 bits per heavy atom. The van der Waals surface area contributed by atoms with Crippen molar-refractivity contribution in [1.29, 1.82) is 0 Å². The highest BCUT2D eigenvalue weighted by Gasteiger charge is 2.14. The van der Waals surface area contributed by atoms with Crippen LogP contribution in [0.1, 0.15) is 21.6 Å². The summed E-state index contributed by atoms with van der Waals surface area (Å²) in [5.41, 5.74) is 3.61. The molecule has 0 bridgehead atoms. The predicted molar refractivity (Wildman–Crippen MR) is 100 cm³/mol. The van der Waals surface area contributed by atoms with E-state index < -0.39 is 0 Å². The van der Waals surface area contributed by atoms with Crippen molar-refractivity contribution >= 4 is 11.6 Å². The first kappa shape index (κ1) is 16.7. The Morgan fingerprint density at radius 3 is 2.28 bits per heavy atom. The molecule has 0 spiro atoms. The van der Waals surface area contributed by atoms with Gasteiger partial charge in [-0.25, -0.2) is 0 Å². The molecule has 3 aromatic rings. The molecule has 0 atom stereocenters. The summed E-state index contributed by atoms with van der Waals surface area (Å²) in [4.78, 5) is 18.5. The molecule has 0 aliphatic heterocycles. The normalized spacial score (nSPS) is 10.3. The van der Waals surface area contributed by atoms with E-state index in [1.54, 1.807) is 24.2 Å². The second kappa shape index (κ2) is 8.11. The Bertz CT molecular complexity index is 819. The molecule has 0 fully saturated rings. The highest BCUT2D eigenvalue weighted by atomic mass is 16.2. The summed E-state index contributed by atoms with van der Waals surface area (Å²) < 4.78 is 0. The topological polar surface area (TPSA) is 45.2 Å². The van der Waals surface area contributed by atoms with Crippen LogP contribution >= 0.6 is 0 Å². The highest BCUT2D eigenvalue weighted by Crippen LogP contribution is 2.13. The zero-order valence-corrected chi connectivity index (χ0v) is 14.2. The molecular weight excluding hydrogens is 310 g/mol. The van der Waals surface area contributed by atoms with Gasteiger partial charge in [-0.05, 0) is 23.3 Å². The third kappa shape index (κ3) is 4.67. The molecule has 0 radical (unpaired) electrons. The maximum absolute atomic E-state index is 12.6. The molecule has 25 heavy (non-hydrogen) atoms. The number of hydrogen-bond acceptors (Lipinski definition) is 3. The van der Waals surface area contributed by atoms with Gasteiger partial charge in [0.25, 0.3) is 5.91 Å². The molecular formula is C21H21N3O. The Morgan fingerprint density at radius 1 is 0.960 bits per heavy atom. The molecule has 1 amide bonds. The van der Waals surface area contributed by atoms with Gasteiger partial charge in [-0.2, -0.15) is 0 Å². The van der Waals surface area contributed by atoms with E-state index in [4.69, 9.17) is 0 Å². The van der Waals surface area contributed by atoms with Gasteiger partial charge in [0.2, 0.25) is 0 Å². The number of pyridine rings is 1. The quantitative estimate of drug-likeness (QED) is 0.743. The van der Waals surface area contributed by atoms with E-state index in [1.165, 1.54) is 5.56 Å². The van der Waals surface area contributed by atoms with Gasteiger partial charge in [-0.15, -0.1) is 0 Å².